The van der Waals surface area contributed by atoms with Gasteiger partial charge in [-0.2, -0.15) is 0 Å². The minimum atomic E-state index is 0.287. The first-order valence-electron chi connectivity index (χ1n) is 4.64. The number of halogens is 1. The maximum Gasteiger partial charge on any atom is 0.0207 e. The van der Waals surface area contributed by atoms with Crippen LogP contribution in [0.15, 0.2) is 22.7 Å². The molecule has 2 N–H and O–H groups in total. The lowest BCUT2D eigenvalue weighted by molar-refractivity contribution is 0.646. The molecule has 0 saturated carbocycles. The zero-order chi connectivity index (χ0) is 9.84. The first-order chi connectivity index (χ1) is 6.13. The predicted molar refractivity (Wildman–Crippen MR) is 60.8 cm³/mol. The van der Waals surface area contributed by atoms with Gasteiger partial charge in [0.15, 0.2) is 0 Å². The fourth-order valence-electron chi connectivity index (χ4n) is 1.21. The molecule has 1 atom stereocenters. The van der Waals surface area contributed by atoms with Crippen LogP contribution in [0.25, 0.3) is 0 Å². The van der Waals surface area contributed by atoms with Crippen LogP contribution in [0, 0.1) is 6.92 Å². The Morgan fingerprint density at radius 2 is 2.15 bits per heavy atom. The van der Waals surface area contributed by atoms with E-state index in [0.717, 1.165) is 12.8 Å². The molecule has 2 heteroatoms. The van der Waals surface area contributed by atoms with Gasteiger partial charge in [0.05, 0.1) is 0 Å². The predicted octanol–water partition coefficient (Wildman–Crippen LogP) is 3.04. The van der Waals surface area contributed by atoms with E-state index in [1.54, 1.807) is 0 Å². The van der Waals surface area contributed by atoms with Gasteiger partial charge in [-0.15, -0.1) is 0 Å². The number of nitrogens with two attached hydrogens (primary N) is 1. The number of aryl methyl sites for hydroxylation is 1. The Morgan fingerprint density at radius 1 is 1.46 bits per heavy atom. The second-order valence-electron chi connectivity index (χ2n) is 3.46. The lowest BCUT2D eigenvalue weighted by Gasteiger charge is -2.09. The van der Waals surface area contributed by atoms with Gasteiger partial charge in [0.25, 0.3) is 0 Å². The fourth-order valence-corrected chi connectivity index (χ4v) is 1.64. The molecule has 0 aromatic heterocycles. The monoisotopic (exact) mass is 241 g/mol. The third-order valence-corrected chi connectivity index (χ3v) is 3.11. The minimum absolute atomic E-state index is 0.287. The van der Waals surface area contributed by atoms with Crippen molar-refractivity contribution < 1.29 is 0 Å². The summed E-state index contributed by atoms with van der Waals surface area (Å²) in [6, 6.07) is 6.72. The number of rotatable bonds is 3. The highest BCUT2D eigenvalue weighted by Crippen LogP contribution is 2.18. The molecule has 0 aliphatic heterocycles. The molecule has 72 valence electrons. The van der Waals surface area contributed by atoms with Crippen LogP contribution in [-0.4, -0.2) is 6.04 Å². The van der Waals surface area contributed by atoms with Crippen molar-refractivity contribution in [3.05, 3.63) is 33.8 Å². The molecule has 1 aromatic carbocycles. The van der Waals surface area contributed by atoms with Gasteiger partial charge in [0, 0.05) is 10.5 Å². The molecule has 1 aromatic rings. The number of hydrogen-bond donors (Lipinski definition) is 1. The average molecular weight is 242 g/mol. The van der Waals surface area contributed by atoms with Crippen LogP contribution >= 0.6 is 15.9 Å². The molecule has 0 aliphatic rings. The Morgan fingerprint density at radius 3 is 2.69 bits per heavy atom. The van der Waals surface area contributed by atoms with Crippen LogP contribution in [0.2, 0.25) is 0 Å². The van der Waals surface area contributed by atoms with E-state index in [1.165, 1.54) is 15.6 Å². The SMILES string of the molecule is CCC(N)Cc1ccc(C)c(Br)c1. The van der Waals surface area contributed by atoms with E-state index >= 15 is 0 Å². The van der Waals surface area contributed by atoms with Crippen molar-refractivity contribution in [3.63, 3.8) is 0 Å². The van der Waals surface area contributed by atoms with Crippen LogP contribution in [0.4, 0.5) is 0 Å². The van der Waals surface area contributed by atoms with Crippen molar-refractivity contribution in [1.82, 2.24) is 0 Å². The lowest BCUT2D eigenvalue weighted by atomic mass is 10.0. The van der Waals surface area contributed by atoms with Gasteiger partial charge in [0.2, 0.25) is 0 Å². The molecule has 13 heavy (non-hydrogen) atoms. The maximum atomic E-state index is 5.88. The molecule has 0 spiro atoms. The summed E-state index contributed by atoms with van der Waals surface area (Å²) in [6.07, 6.45) is 2.00. The molecule has 0 amide bonds. The van der Waals surface area contributed by atoms with Gasteiger partial charge in [-0.05, 0) is 37.0 Å². The third kappa shape index (κ3) is 3.12. The molecule has 1 unspecified atom stereocenters. The molecule has 0 saturated heterocycles. The van der Waals surface area contributed by atoms with Crippen molar-refractivity contribution >= 4 is 15.9 Å². The van der Waals surface area contributed by atoms with Gasteiger partial charge < -0.3 is 5.73 Å². The van der Waals surface area contributed by atoms with Crippen molar-refractivity contribution in [1.29, 1.82) is 0 Å². The van der Waals surface area contributed by atoms with Crippen LogP contribution in [0.5, 0.6) is 0 Å². The van der Waals surface area contributed by atoms with Crippen molar-refractivity contribution in [3.8, 4) is 0 Å². The Hall–Kier alpha value is -0.340. The highest BCUT2D eigenvalue weighted by atomic mass is 79.9. The smallest absolute Gasteiger partial charge is 0.0207 e. The Labute approximate surface area is 88.5 Å². The molecule has 0 radical (unpaired) electrons. The second kappa shape index (κ2) is 4.77. The average Bonchev–Trinajstić information content (AvgIpc) is 2.11. The van der Waals surface area contributed by atoms with E-state index < -0.39 is 0 Å². The highest BCUT2D eigenvalue weighted by Gasteiger charge is 2.02. The summed E-state index contributed by atoms with van der Waals surface area (Å²) < 4.78 is 1.17. The number of benzene rings is 1. The number of hydrogen-bond acceptors (Lipinski definition) is 1. The van der Waals surface area contributed by atoms with E-state index in [-0.39, 0.29) is 6.04 Å². The summed E-state index contributed by atoms with van der Waals surface area (Å²) in [5.41, 5.74) is 8.46. The molecule has 0 heterocycles. The summed E-state index contributed by atoms with van der Waals surface area (Å²) in [7, 11) is 0. The summed E-state index contributed by atoms with van der Waals surface area (Å²) in [4.78, 5) is 0. The van der Waals surface area contributed by atoms with Crippen LogP contribution < -0.4 is 5.73 Å². The van der Waals surface area contributed by atoms with Crippen molar-refractivity contribution in [2.45, 2.75) is 32.7 Å². The quantitative estimate of drug-likeness (QED) is 0.866. The minimum Gasteiger partial charge on any atom is -0.327 e. The summed E-state index contributed by atoms with van der Waals surface area (Å²) >= 11 is 3.52. The normalized spacial score (nSPS) is 12.9. The molecule has 1 rings (SSSR count). The van der Waals surface area contributed by atoms with Crippen molar-refractivity contribution in [2.24, 2.45) is 5.73 Å². The van der Waals surface area contributed by atoms with E-state index in [9.17, 15) is 0 Å². The summed E-state index contributed by atoms with van der Waals surface area (Å²) in [5.74, 6) is 0. The Bertz CT molecular complexity index is 283. The highest BCUT2D eigenvalue weighted by molar-refractivity contribution is 9.10. The lowest BCUT2D eigenvalue weighted by Crippen LogP contribution is -2.21. The largest absolute Gasteiger partial charge is 0.327 e. The zero-order valence-corrected chi connectivity index (χ0v) is 9.76. The molecular weight excluding hydrogens is 226 g/mol. The van der Waals surface area contributed by atoms with Gasteiger partial charge in [-0.25, -0.2) is 0 Å². The first-order valence-corrected chi connectivity index (χ1v) is 5.43. The van der Waals surface area contributed by atoms with E-state index in [1.807, 2.05) is 0 Å². The van der Waals surface area contributed by atoms with E-state index in [0.29, 0.717) is 0 Å². The van der Waals surface area contributed by atoms with E-state index in [4.69, 9.17) is 5.73 Å². The van der Waals surface area contributed by atoms with E-state index in [2.05, 4.69) is 48.0 Å². The van der Waals surface area contributed by atoms with Crippen LogP contribution in [0.1, 0.15) is 24.5 Å². The molecule has 0 bridgehead atoms. The molecule has 0 fully saturated rings. The Kier molecular flexibility index (Phi) is 3.94. The maximum absolute atomic E-state index is 5.88. The summed E-state index contributed by atoms with van der Waals surface area (Å²) in [5, 5.41) is 0. The van der Waals surface area contributed by atoms with Crippen LogP contribution in [-0.2, 0) is 6.42 Å². The Balaban J connectivity index is 2.73. The molecule has 0 aliphatic carbocycles. The van der Waals surface area contributed by atoms with Gasteiger partial charge in [0.1, 0.15) is 0 Å². The molecular formula is C11H16BrN. The standard InChI is InChI=1S/C11H16BrN/c1-3-10(13)6-9-5-4-8(2)11(12)7-9/h4-5,7,10H,3,6,13H2,1-2H3. The first kappa shape index (κ1) is 10.7. The van der Waals surface area contributed by atoms with Crippen LogP contribution in [0.3, 0.4) is 0 Å². The third-order valence-electron chi connectivity index (χ3n) is 2.26. The fraction of sp³-hybridized carbons (Fsp3) is 0.455. The zero-order valence-electron chi connectivity index (χ0n) is 8.18. The van der Waals surface area contributed by atoms with Gasteiger partial charge >= 0.3 is 0 Å². The van der Waals surface area contributed by atoms with Crippen molar-refractivity contribution in [2.75, 3.05) is 0 Å². The van der Waals surface area contributed by atoms with Gasteiger partial charge in [-0.1, -0.05) is 35.0 Å². The second-order valence-corrected chi connectivity index (χ2v) is 4.31. The topological polar surface area (TPSA) is 26.0 Å². The molecule has 1 nitrogen and oxygen atoms in total. The van der Waals surface area contributed by atoms with Gasteiger partial charge in [-0.3, -0.25) is 0 Å². The summed E-state index contributed by atoms with van der Waals surface area (Å²) in [6.45, 7) is 4.21.